The van der Waals surface area contributed by atoms with Crippen molar-refractivity contribution < 1.29 is 10.2 Å². The molecule has 13 heavy (non-hydrogen) atoms. The molecule has 0 atom stereocenters. The summed E-state index contributed by atoms with van der Waals surface area (Å²) in [5.41, 5.74) is 6.07. The second kappa shape index (κ2) is 7.58. The summed E-state index contributed by atoms with van der Waals surface area (Å²) in [5.74, 6) is 0.338. The van der Waals surface area contributed by atoms with E-state index in [2.05, 4.69) is 0 Å². The highest BCUT2D eigenvalue weighted by Gasteiger charge is 1.83. The van der Waals surface area contributed by atoms with E-state index in [0.717, 1.165) is 12.0 Å². The van der Waals surface area contributed by atoms with Crippen molar-refractivity contribution in [3.63, 3.8) is 0 Å². The molecule has 0 bridgehead atoms. The van der Waals surface area contributed by atoms with Crippen molar-refractivity contribution in [3.8, 4) is 5.75 Å². The molecule has 0 unspecified atom stereocenters. The molecule has 0 spiro atoms. The number of aryl methyl sites for hydroxylation is 1. The zero-order valence-electron chi connectivity index (χ0n) is 7.90. The van der Waals surface area contributed by atoms with Gasteiger partial charge in [0.05, 0.1) is 0 Å². The van der Waals surface area contributed by atoms with E-state index in [1.165, 1.54) is 0 Å². The van der Waals surface area contributed by atoms with Gasteiger partial charge < -0.3 is 15.9 Å². The lowest BCUT2D eigenvalue weighted by atomic mass is 10.2. The molecule has 3 nitrogen and oxygen atoms in total. The fraction of sp³-hybridized carbons (Fsp3) is 0.400. The Morgan fingerprint density at radius 3 is 2.31 bits per heavy atom. The van der Waals surface area contributed by atoms with Crippen LogP contribution in [-0.4, -0.2) is 23.4 Å². The number of aliphatic hydroxyl groups is 1. The summed E-state index contributed by atoms with van der Waals surface area (Å²) < 4.78 is 0. The summed E-state index contributed by atoms with van der Waals surface area (Å²) in [6.45, 7) is 2.76. The Hall–Kier alpha value is -1.06. The van der Waals surface area contributed by atoms with Gasteiger partial charge in [0.25, 0.3) is 0 Å². The summed E-state index contributed by atoms with van der Waals surface area (Å²) in [5, 5.41) is 16.8. The molecule has 1 aromatic rings. The average molecular weight is 183 g/mol. The van der Waals surface area contributed by atoms with Gasteiger partial charge in [0.1, 0.15) is 5.75 Å². The van der Waals surface area contributed by atoms with E-state index in [-0.39, 0.29) is 6.61 Å². The van der Waals surface area contributed by atoms with Crippen molar-refractivity contribution in [1.82, 2.24) is 0 Å². The quantitative estimate of drug-likeness (QED) is 0.641. The van der Waals surface area contributed by atoms with Gasteiger partial charge in [0.2, 0.25) is 0 Å². The van der Waals surface area contributed by atoms with Crippen LogP contribution in [0.3, 0.4) is 0 Å². The van der Waals surface area contributed by atoms with E-state index in [1.807, 2.05) is 19.1 Å². The summed E-state index contributed by atoms with van der Waals surface area (Å²) in [6.07, 6.45) is 0.722. The van der Waals surface area contributed by atoms with Gasteiger partial charge in [-0.05, 0) is 37.6 Å². The monoisotopic (exact) mass is 183 g/mol. The SMILES string of the molecule is Cc1cccc(O)c1.NCCCO. The molecule has 0 amide bonds. The first kappa shape index (κ1) is 11.9. The molecule has 1 aromatic carbocycles. The molecule has 0 fully saturated rings. The van der Waals surface area contributed by atoms with Crippen LogP contribution in [0.4, 0.5) is 0 Å². The van der Waals surface area contributed by atoms with Crippen LogP contribution in [-0.2, 0) is 0 Å². The maximum Gasteiger partial charge on any atom is 0.115 e. The summed E-state index contributed by atoms with van der Waals surface area (Å²) in [6, 6.07) is 7.15. The number of aromatic hydroxyl groups is 1. The molecular formula is C10H17NO2. The minimum absolute atomic E-state index is 0.219. The van der Waals surface area contributed by atoms with Gasteiger partial charge in [-0.2, -0.15) is 0 Å². The Labute approximate surface area is 78.8 Å². The van der Waals surface area contributed by atoms with E-state index >= 15 is 0 Å². The first-order valence-corrected chi connectivity index (χ1v) is 4.27. The van der Waals surface area contributed by atoms with Crippen LogP contribution in [0.1, 0.15) is 12.0 Å². The minimum atomic E-state index is 0.219. The third-order valence-electron chi connectivity index (χ3n) is 1.36. The number of hydrogen-bond acceptors (Lipinski definition) is 3. The number of phenolic OH excluding ortho intramolecular Hbond substituents is 1. The van der Waals surface area contributed by atoms with E-state index in [4.69, 9.17) is 15.9 Å². The predicted molar refractivity (Wildman–Crippen MR) is 53.6 cm³/mol. The lowest BCUT2D eigenvalue weighted by molar-refractivity contribution is 0.291. The maximum absolute atomic E-state index is 8.81. The summed E-state index contributed by atoms with van der Waals surface area (Å²) in [7, 11) is 0. The highest BCUT2D eigenvalue weighted by atomic mass is 16.3. The molecule has 1 rings (SSSR count). The average Bonchev–Trinajstić information content (AvgIpc) is 2.06. The Balaban J connectivity index is 0.000000252. The molecule has 0 aromatic heterocycles. The lowest BCUT2D eigenvalue weighted by Gasteiger charge is -1.89. The van der Waals surface area contributed by atoms with Gasteiger partial charge in [-0.15, -0.1) is 0 Å². The molecule has 0 heterocycles. The van der Waals surface area contributed by atoms with Crippen molar-refractivity contribution in [3.05, 3.63) is 29.8 Å². The van der Waals surface area contributed by atoms with Crippen LogP contribution in [0.5, 0.6) is 5.75 Å². The van der Waals surface area contributed by atoms with Crippen LogP contribution in [0.25, 0.3) is 0 Å². The summed E-state index contributed by atoms with van der Waals surface area (Å²) >= 11 is 0. The number of benzene rings is 1. The van der Waals surface area contributed by atoms with E-state index in [9.17, 15) is 0 Å². The minimum Gasteiger partial charge on any atom is -0.508 e. The number of phenols is 1. The van der Waals surface area contributed by atoms with E-state index in [1.54, 1.807) is 12.1 Å². The molecule has 0 aliphatic carbocycles. The van der Waals surface area contributed by atoms with Crippen molar-refractivity contribution >= 4 is 0 Å². The molecule has 0 saturated heterocycles. The van der Waals surface area contributed by atoms with Gasteiger partial charge in [-0.3, -0.25) is 0 Å². The Kier molecular flexibility index (Phi) is 6.96. The summed E-state index contributed by atoms with van der Waals surface area (Å²) in [4.78, 5) is 0. The third-order valence-corrected chi connectivity index (χ3v) is 1.36. The van der Waals surface area contributed by atoms with Crippen LogP contribution in [0.2, 0.25) is 0 Å². The van der Waals surface area contributed by atoms with Gasteiger partial charge in [-0.1, -0.05) is 12.1 Å². The van der Waals surface area contributed by atoms with Gasteiger partial charge in [0, 0.05) is 6.61 Å². The molecular weight excluding hydrogens is 166 g/mol. The molecule has 74 valence electrons. The largest absolute Gasteiger partial charge is 0.508 e. The topological polar surface area (TPSA) is 66.5 Å². The van der Waals surface area contributed by atoms with Gasteiger partial charge >= 0.3 is 0 Å². The highest BCUT2D eigenvalue weighted by Crippen LogP contribution is 2.08. The number of nitrogens with two attached hydrogens (primary N) is 1. The zero-order valence-corrected chi connectivity index (χ0v) is 7.90. The number of aliphatic hydroxyl groups excluding tert-OH is 1. The molecule has 0 aliphatic heterocycles. The van der Waals surface area contributed by atoms with Gasteiger partial charge in [0.15, 0.2) is 0 Å². The van der Waals surface area contributed by atoms with Crippen LogP contribution < -0.4 is 5.73 Å². The van der Waals surface area contributed by atoms with Crippen LogP contribution >= 0.6 is 0 Å². The van der Waals surface area contributed by atoms with Gasteiger partial charge in [-0.25, -0.2) is 0 Å². The fourth-order valence-corrected chi connectivity index (χ4v) is 0.719. The normalized spacial score (nSPS) is 8.85. The standard InChI is InChI=1S/C7H8O.C3H9NO/c1-6-3-2-4-7(8)5-6;4-2-1-3-5/h2-5,8H,1H3;5H,1-4H2. The van der Waals surface area contributed by atoms with Crippen LogP contribution in [0, 0.1) is 6.92 Å². The molecule has 0 aliphatic rings. The molecule has 0 radical (unpaired) electrons. The number of hydrogen-bond donors (Lipinski definition) is 3. The number of rotatable bonds is 2. The van der Waals surface area contributed by atoms with Crippen molar-refractivity contribution in [1.29, 1.82) is 0 Å². The first-order chi connectivity index (χ1) is 6.20. The highest BCUT2D eigenvalue weighted by molar-refractivity contribution is 5.25. The zero-order chi connectivity index (χ0) is 10.1. The van der Waals surface area contributed by atoms with E-state index < -0.39 is 0 Å². The second-order valence-corrected chi connectivity index (χ2v) is 2.70. The van der Waals surface area contributed by atoms with Crippen molar-refractivity contribution in [2.24, 2.45) is 5.73 Å². The first-order valence-electron chi connectivity index (χ1n) is 4.27. The fourth-order valence-electron chi connectivity index (χ4n) is 0.719. The Morgan fingerprint density at radius 2 is 2.08 bits per heavy atom. The maximum atomic E-state index is 8.81. The van der Waals surface area contributed by atoms with Crippen LogP contribution in [0.15, 0.2) is 24.3 Å². The predicted octanol–water partition coefficient (Wildman–Crippen LogP) is 1.03. The second-order valence-electron chi connectivity index (χ2n) is 2.70. The van der Waals surface area contributed by atoms with E-state index in [0.29, 0.717) is 12.3 Å². The van der Waals surface area contributed by atoms with Crippen molar-refractivity contribution in [2.45, 2.75) is 13.3 Å². The Morgan fingerprint density at radius 1 is 1.38 bits per heavy atom. The smallest absolute Gasteiger partial charge is 0.115 e. The van der Waals surface area contributed by atoms with Crippen molar-refractivity contribution in [2.75, 3.05) is 13.2 Å². The molecule has 3 heteroatoms. The lowest BCUT2D eigenvalue weighted by Crippen LogP contribution is -1.99. The third kappa shape index (κ3) is 7.31. The molecule has 0 saturated carbocycles. The Bertz CT molecular complexity index is 207. The molecule has 4 N–H and O–H groups in total.